The number of hydrogen-bond donors (Lipinski definition) is 1. The Bertz CT molecular complexity index is 324. The average Bonchev–Trinajstić information content (AvgIpc) is 2.65. The summed E-state index contributed by atoms with van der Waals surface area (Å²) < 4.78 is 39.9. The maximum atomic E-state index is 12.2. The smallest absolute Gasteiger partial charge is 0.358 e. The summed E-state index contributed by atoms with van der Waals surface area (Å²) in [5, 5.41) is 3.21. The van der Waals surface area contributed by atoms with Crippen molar-refractivity contribution in [1.82, 2.24) is 9.36 Å². The monoisotopic (exact) mass is 253 g/mol. The molecule has 1 aromatic heterocycles. The third kappa shape index (κ3) is 3.62. The molecule has 0 radical (unpaired) electrons. The predicted molar refractivity (Wildman–Crippen MR) is 57.5 cm³/mol. The number of alkyl halides is 3. The van der Waals surface area contributed by atoms with E-state index < -0.39 is 12.0 Å². The number of halogens is 3. The van der Waals surface area contributed by atoms with Gasteiger partial charge in [-0.05, 0) is 12.8 Å². The van der Waals surface area contributed by atoms with Crippen LogP contribution in [-0.2, 0) is 6.18 Å². The molecule has 0 aliphatic rings. The van der Waals surface area contributed by atoms with Crippen LogP contribution in [0.4, 0.5) is 18.3 Å². The molecule has 0 fully saturated rings. The van der Waals surface area contributed by atoms with Crippen LogP contribution in [0.25, 0.3) is 0 Å². The Kier molecular flexibility index (Phi) is 4.52. The van der Waals surface area contributed by atoms with E-state index in [0.717, 1.165) is 30.8 Å². The van der Waals surface area contributed by atoms with Crippen LogP contribution < -0.4 is 5.32 Å². The van der Waals surface area contributed by atoms with Crippen molar-refractivity contribution in [3.8, 4) is 0 Å². The van der Waals surface area contributed by atoms with Gasteiger partial charge in [0.2, 0.25) is 11.0 Å². The highest BCUT2D eigenvalue weighted by atomic mass is 32.1. The summed E-state index contributed by atoms with van der Waals surface area (Å²) in [6, 6.07) is 0.166. The van der Waals surface area contributed by atoms with Crippen molar-refractivity contribution in [1.29, 1.82) is 0 Å². The highest BCUT2D eigenvalue weighted by Gasteiger charge is 2.36. The van der Waals surface area contributed by atoms with Crippen LogP contribution in [0, 0.1) is 0 Å². The van der Waals surface area contributed by atoms with E-state index in [1.54, 1.807) is 0 Å². The molecular formula is C9H14F3N3S. The van der Waals surface area contributed by atoms with Gasteiger partial charge in [0.05, 0.1) is 0 Å². The van der Waals surface area contributed by atoms with E-state index in [0.29, 0.717) is 0 Å². The summed E-state index contributed by atoms with van der Waals surface area (Å²) in [5.41, 5.74) is 0. The van der Waals surface area contributed by atoms with Gasteiger partial charge in [-0.25, -0.2) is 0 Å². The number of hydrogen-bond acceptors (Lipinski definition) is 4. The molecule has 1 aromatic rings. The molecule has 1 unspecified atom stereocenters. The fourth-order valence-electron chi connectivity index (χ4n) is 1.30. The SMILES string of the molecule is CCCC(CC)Nc1nc(C(F)(F)F)ns1. The second-order valence-corrected chi connectivity index (χ2v) is 4.21. The lowest BCUT2D eigenvalue weighted by Crippen LogP contribution is -2.18. The Balaban J connectivity index is 2.64. The molecule has 0 aromatic carbocycles. The third-order valence-electron chi connectivity index (χ3n) is 2.14. The largest absolute Gasteiger partial charge is 0.452 e. The van der Waals surface area contributed by atoms with E-state index in [4.69, 9.17) is 0 Å². The van der Waals surface area contributed by atoms with Crippen LogP contribution in [0.2, 0.25) is 0 Å². The summed E-state index contributed by atoms with van der Waals surface area (Å²) in [4.78, 5) is 3.42. The highest BCUT2D eigenvalue weighted by molar-refractivity contribution is 7.09. The molecular weight excluding hydrogens is 239 g/mol. The van der Waals surface area contributed by atoms with Gasteiger partial charge in [0.1, 0.15) is 0 Å². The summed E-state index contributed by atoms with van der Waals surface area (Å²) in [7, 11) is 0. The molecule has 0 saturated heterocycles. The normalized spacial score (nSPS) is 13.8. The Labute approximate surface area is 96.3 Å². The minimum atomic E-state index is -4.46. The third-order valence-corrected chi connectivity index (χ3v) is 2.78. The average molecular weight is 253 g/mol. The van der Waals surface area contributed by atoms with Crippen LogP contribution in [0.1, 0.15) is 38.9 Å². The molecule has 0 amide bonds. The highest BCUT2D eigenvalue weighted by Crippen LogP contribution is 2.29. The van der Waals surface area contributed by atoms with Gasteiger partial charge in [-0.1, -0.05) is 20.3 Å². The summed E-state index contributed by atoms with van der Waals surface area (Å²) >= 11 is 0.754. The first-order valence-corrected chi connectivity index (χ1v) is 5.92. The maximum Gasteiger partial charge on any atom is 0.452 e. The number of anilines is 1. The fourth-order valence-corrected chi connectivity index (χ4v) is 1.96. The molecule has 3 nitrogen and oxygen atoms in total. The Morgan fingerprint density at radius 2 is 2.06 bits per heavy atom. The molecule has 1 rings (SSSR count). The van der Waals surface area contributed by atoms with Crippen LogP contribution in [-0.4, -0.2) is 15.4 Å². The molecule has 0 bridgehead atoms. The molecule has 0 aliphatic carbocycles. The molecule has 0 aliphatic heterocycles. The molecule has 0 spiro atoms. The van der Waals surface area contributed by atoms with Gasteiger partial charge < -0.3 is 5.32 Å². The van der Waals surface area contributed by atoms with E-state index in [1.807, 2.05) is 13.8 Å². The van der Waals surface area contributed by atoms with Gasteiger partial charge >= 0.3 is 6.18 Å². The molecule has 1 N–H and O–H groups in total. The van der Waals surface area contributed by atoms with Gasteiger partial charge in [0.15, 0.2) is 0 Å². The van der Waals surface area contributed by atoms with Gasteiger partial charge in [-0.2, -0.15) is 22.5 Å². The van der Waals surface area contributed by atoms with Crippen molar-refractivity contribution < 1.29 is 13.2 Å². The van der Waals surface area contributed by atoms with Gasteiger partial charge in [-0.15, -0.1) is 0 Å². The number of rotatable bonds is 5. The van der Waals surface area contributed by atoms with Crippen molar-refractivity contribution in [2.75, 3.05) is 5.32 Å². The zero-order valence-electron chi connectivity index (χ0n) is 9.14. The van der Waals surface area contributed by atoms with Gasteiger partial charge in [0, 0.05) is 17.6 Å². The lowest BCUT2D eigenvalue weighted by molar-refractivity contribution is -0.144. The van der Waals surface area contributed by atoms with Crippen LogP contribution >= 0.6 is 11.5 Å². The fraction of sp³-hybridized carbons (Fsp3) is 0.778. The topological polar surface area (TPSA) is 37.8 Å². The van der Waals surface area contributed by atoms with Crippen LogP contribution in [0.3, 0.4) is 0 Å². The first-order chi connectivity index (χ1) is 7.47. The van der Waals surface area contributed by atoms with E-state index in [-0.39, 0.29) is 11.2 Å². The molecule has 1 atom stereocenters. The van der Waals surface area contributed by atoms with Gasteiger partial charge in [0.25, 0.3) is 0 Å². The second kappa shape index (κ2) is 5.47. The Morgan fingerprint density at radius 3 is 2.50 bits per heavy atom. The number of aromatic nitrogens is 2. The minimum Gasteiger partial charge on any atom is -0.358 e. The lowest BCUT2D eigenvalue weighted by atomic mass is 10.1. The summed E-state index contributed by atoms with van der Waals surface area (Å²) in [6.07, 6.45) is -1.70. The van der Waals surface area contributed by atoms with Crippen molar-refractivity contribution in [3.05, 3.63) is 5.82 Å². The Hall–Kier alpha value is -0.850. The summed E-state index contributed by atoms with van der Waals surface area (Å²) in [5.74, 6) is -1.06. The zero-order valence-corrected chi connectivity index (χ0v) is 9.95. The number of nitrogens with zero attached hydrogens (tertiary/aromatic N) is 2. The Morgan fingerprint density at radius 1 is 1.38 bits per heavy atom. The maximum absolute atomic E-state index is 12.2. The second-order valence-electron chi connectivity index (χ2n) is 3.46. The van der Waals surface area contributed by atoms with E-state index in [1.165, 1.54) is 0 Å². The first kappa shape index (κ1) is 13.2. The first-order valence-electron chi connectivity index (χ1n) is 5.14. The van der Waals surface area contributed by atoms with Gasteiger partial charge in [-0.3, -0.25) is 0 Å². The molecule has 1 heterocycles. The molecule has 7 heteroatoms. The van der Waals surface area contributed by atoms with Crippen molar-refractivity contribution in [3.63, 3.8) is 0 Å². The van der Waals surface area contributed by atoms with Crippen LogP contribution in [0.15, 0.2) is 0 Å². The predicted octanol–water partition coefficient (Wildman–Crippen LogP) is 3.55. The van der Waals surface area contributed by atoms with Crippen molar-refractivity contribution in [2.24, 2.45) is 0 Å². The zero-order chi connectivity index (χ0) is 12.2. The van der Waals surface area contributed by atoms with E-state index >= 15 is 0 Å². The van der Waals surface area contributed by atoms with E-state index in [9.17, 15) is 13.2 Å². The quantitative estimate of drug-likeness (QED) is 0.872. The van der Waals surface area contributed by atoms with E-state index in [2.05, 4.69) is 14.7 Å². The van der Waals surface area contributed by atoms with Crippen molar-refractivity contribution >= 4 is 16.7 Å². The standard InChI is InChI=1S/C9H14F3N3S/c1-3-5-6(4-2)13-8-14-7(15-16-8)9(10,11)12/h6H,3-5H2,1-2H3,(H,13,14,15). The summed E-state index contributed by atoms with van der Waals surface area (Å²) in [6.45, 7) is 4.02. The minimum absolute atomic E-state index is 0.166. The number of nitrogens with one attached hydrogen (secondary N) is 1. The molecule has 16 heavy (non-hydrogen) atoms. The lowest BCUT2D eigenvalue weighted by Gasteiger charge is -2.14. The van der Waals surface area contributed by atoms with Crippen LogP contribution in [0.5, 0.6) is 0 Å². The molecule has 92 valence electrons. The molecule has 0 saturated carbocycles. The van der Waals surface area contributed by atoms with Crippen molar-refractivity contribution in [2.45, 2.75) is 45.3 Å².